The van der Waals surface area contributed by atoms with E-state index in [-0.39, 0.29) is 24.0 Å². The molecule has 0 aliphatic heterocycles. The lowest BCUT2D eigenvalue weighted by molar-refractivity contribution is 0.200. The molecule has 0 spiro atoms. The van der Waals surface area contributed by atoms with Gasteiger partial charge in [0.05, 0.1) is 13.2 Å². The van der Waals surface area contributed by atoms with Gasteiger partial charge in [-0.1, -0.05) is 6.07 Å². The van der Waals surface area contributed by atoms with Crippen LogP contribution in [0.5, 0.6) is 11.5 Å². The van der Waals surface area contributed by atoms with Crippen LogP contribution in [0.15, 0.2) is 41.7 Å². The van der Waals surface area contributed by atoms with E-state index in [0.29, 0.717) is 12.6 Å². The molecule has 8 heteroatoms. The van der Waals surface area contributed by atoms with Gasteiger partial charge in [0.1, 0.15) is 0 Å². The maximum absolute atomic E-state index is 6.11. The molecule has 7 nitrogen and oxygen atoms in total. The molecule has 1 saturated carbocycles. The third kappa shape index (κ3) is 7.41. The first-order valence-electron chi connectivity index (χ1n) is 10.0. The van der Waals surface area contributed by atoms with Gasteiger partial charge >= 0.3 is 0 Å². The summed E-state index contributed by atoms with van der Waals surface area (Å²) in [5.74, 6) is 2.40. The molecule has 160 valence electrons. The number of aryl methyl sites for hydroxylation is 1. The topological polar surface area (TPSA) is 72.7 Å². The van der Waals surface area contributed by atoms with Crippen molar-refractivity contribution in [3.05, 3.63) is 42.2 Å². The molecule has 29 heavy (non-hydrogen) atoms. The van der Waals surface area contributed by atoms with Crippen molar-refractivity contribution in [3.63, 3.8) is 0 Å². The number of rotatable bonds is 9. The summed E-state index contributed by atoms with van der Waals surface area (Å²) in [6, 6.07) is 8.05. The van der Waals surface area contributed by atoms with Crippen LogP contribution in [0.2, 0.25) is 0 Å². The van der Waals surface area contributed by atoms with Gasteiger partial charge in [-0.05, 0) is 55.9 Å². The Morgan fingerprint density at radius 1 is 1.24 bits per heavy atom. The van der Waals surface area contributed by atoms with Crippen molar-refractivity contribution in [1.82, 2.24) is 20.4 Å². The fourth-order valence-electron chi connectivity index (χ4n) is 3.39. The summed E-state index contributed by atoms with van der Waals surface area (Å²) >= 11 is 0. The molecule has 2 aromatic rings. The van der Waals surface area contributed by atoms with Crippen LogP contribution < -0.4 is 20.1 Å². The van der Waals surface area contributed by atoms with E-state index in [2.05, 4.69) is 26.8 Å². The number of aliphatic imine (C=N–C) groups is 1. The van der Waals surface area contributed by atoms with E-state index in [9.17, 15) is 0 Å². The number of ether oxygens (including phenoxy) is 2. The first-order chi connectivity index (χ1) is 13.8. The van der Waals surface area contributed by atoms with E-state index >= 15 is 0 Å². The van der Waals surface area contributed by atoms with Gasteiger partial charge in [-0.3, -0.25) is 9.67 Å². The third-order valence-corrected chi connectivity index (χ3v) is 4.92. The first kappa shape index (κ1) is 23.3. The van der Waals surface area contributed by atoms with Crippen LogP contribution in [-0.2, 0) is 13.1 Å². The summed E-state index contributed by atoms with van der Waals surface area (Å²) in [5.41, 5.74) is 1.12. The van der Waals surface area contributed by atoms with Crippen molar-refractivity contribution < 1.29 is 9.47 Å². The highest BCUT2D eigenvalue weighted by atomic mass is 127. The number of methoxy groups -OCH3 is 1. The van der Waals surface area contributed by atoms with Crippen molar-refractivity contribution >= 4 is 29.9 Å². The van der Waals surface area contributed by atoms with Gasteiger partial charge in [0.25, 0.3) is 0 Å². The Morgan fingerprint density at radius 3 is 2.76 bits per heavy atom. The van der Waals surface area contributed by atoms with E-state index < -0.39 is 0 Å². The number of nitrogens with zero attached hydrogens (tertiary/aromatic N) is 3. The zero-order valence-electron chi connectivity index (χ0n) is 17.3. The number of benzene rings is 1. The zero-order chi connectivity index (χ0) is 19.6. The number of nitrogens with one attached hydrogen (secondary N) is 2. The van der Waals surface area contributed by atoms with Gasteiger partial charge in [0.15, 0.2) is 17.5 Å². The van der Waals surface area contributed by atoms with Crippen molar-refractivity contribution in [2.24, 2.45) is 4.99 Å². The van der Waals surface area contributed by atoms with Crippen molar-refractivity contribution in [2.75, 3.05) is 20.7 Å². The Kier molecular flexibility index (Phi) is 10.1. The largest absolute Gasteiger partial charge is 0.493 e. The molecule has 1 aromatic heterocycles. The molecule has 0 saturated heterocycles. The highest BCUT2D eigenvalue weighted by Crippen LogP contribution is 2.32. The number of aromatic nitrogens is 2. The molecule has 0 amide bonds. The molecule has 1 fully saturated rings. The number of halogens is 1. The Hall–Kier alpha value is -1.97. The standard InChI is InChI=1S/C21H31N5O2.HI/c1-22-21(23-11-5-13-26-14-6-12-25-26)24-16-17-9-10-19(20(15-17)27-2)28-18-7-3-4-8-18;/h6,9-10,12,14-15,18H,3-5,7-8,11,13,16H2,1-2H3,(H2,22,23,24);1H. The third-order valence-electron chi connectivity index (χ3n) is 4.92. The van der Waals surface area contributed by atoms with Crippen LogP contribution in [0.4, 0.5) is 0 Å². The molecule has 0 radical (unpaired) electrons. The Bertz CT molecular complexity index is 746. The zero-order valence-corrected chi connectivity index (χ0v) is 19.6. The van der Waals surface area contributed by atoms with Crippen LogP contribution >= 0.6 is 24.0 Å². The predicted octanol–water partition coefficient (Wildman–Crippen LogP) is 3.59. The molecule has 3 rings (SSSR count). The Morgan fingerprint density at radius 2 is 2.07 bits per heavy atom. The van der Waals surface area contributed by atoms with Crippen LogP contribution in [-0.4, -0.2) is 42.5 Å². The molecule has 0 atom stereocenters. The van der Waals surface area contributed by atoms with E-state index in [4.69, 9.17) is 9.47 Å². The van der Waals surface area contributed by atoms with Crippen molar-refractivity contribution in [1.29, 1.82) is 0 Å². The fraction of sp³-hybridized carbons (Fsp3) is 0.524. The van der Waals surface area contributed by atoms with Crippen LogP contribution in [0.25, 0.3) is 0 Å². The summed E-state index contributed by atoms with van der Waals surface area (Å²) in [6.45, 7) is 2.38. The van der Waals surface area contributed by atoms with Crippen molar-refractivity contribution in [3.8, 4) is 11.5 Å². The lowest BCUT2D eigenvalue weighted by Gasteiger charge is -2.17. The number of hydrogen-bond donors (Lipinski definition) is 2. The Balaban J connectivity index is 0.00000300. The average molecular weight is 513 g/mol. The number of hydrogen-bond acceptors (Lipinski definition) is 4. The maximum Gasteiger partial charge on any atom is 0.191 e. The van der Waals surface area contributed by atoms with Gasteiger partial charge in [0, 0.05) is 39.1 Å². The Labute approximate surface area is 190 Å². The number of guanidine groups is 1. The summed E-state index contributed by atoms with van der Waals surface area (Å²) in [6.07, 6.45) is 9.84. The van der Waals surface area contributed by atoms with E-state index in [1.807, 2.05) is 29.1 Å². The van der Waals surface area contributed by atoms with Crippen LogP contribution in [0, 0.1) is 0 Å². The normalized spacial score (nSPS) is 14.3. The molecule has 1 aliphatic carbocycles. The molecular formula is C21H32IN5O2. The fourth-order valence-corrected chi connectivity index (χ4v) is 3.39. The maximum atomic E-state index is 6.11. The van der Waals surface area contributed by atoms with Gasteiger partial charge in [-0.15, -0.1) is 24.0 Å². The van der Waals surface area contributed by atoms with Gasteiger partial charge in [-0.25, -0.2) is 0 Å². The molecule has 0 unspecified atom stereocenters. The lowest BCUT2D eigenvalue weighted by Crippen LogP contribution is -2.37. The lowest BCUT2D eigenvalue weighted by atomic mass is 10.2. The SMILES string of the molecule is CN=C(NCCCn1cccn1)NCc1ccc(OC2CCCC2)c(OC)c1.I. The van der Waals surface area contributed by atoms with Gasteiger partial charge in [0.2, 0.25) is 0 Å². The van der Waals surface area contributed by atoms with Crippen molar-refractivity contribution in [2.45, 2.75) is 51.3 Å². The minimum Gasteiger partial charge on any atom is -0.493 e. The highest BCUT2D eigenvalue weighted by molar-refractivity contribution is 14.0. The molecule has 1 aliphatic rings. The first-order valence-corrected chi connectivity index (χ1v) is 10.0. The summed E-state index contributed by atoms with van der Waals surface area (Å²) in [4.78, 5) is 4.28. The minimum atomic E-state index is 0. The smallest absolute Gasteiger partial charge is 0.191 e. The minimum absolute atomic E-state index is 0. The predicted molar refractivity (Wildman–Crippen MR) is 126 cm³/mol. The van der Waals surface area contributed by atoms with Crippen LogP contribution in [0.3, 0.4) is 0 Å². The monoisotopic (exact) mass is 513 g/mol. The average Bonchev–Trinajstić information content (AvgIpc) is 3.42. The van der Waals surface area contributed by atoms with E-state index in [1.54, 1.807) is 20.4 Å². The summed E-state index contributed by atoms with van der Waals surface area (Å²) in [5, 5.41) is 10.9. The second kappa shape index (κ2) is 12.6. The molecule has 0 bridgehead atoms. The van der Waals surface area contributed by atoms with Gasteiger partial charge < -0.3 is 20.1 Å². The van der Waals surface area contributed by atoms with Gasteiger partial charge in [-0.2, -0.15) is 5.10 Å². The van der Waals surface area contributed by atoms with Crippen LogP contribution in [0.1, 0.15) is 37.7 Å². The van der Waals surface area contributed by atoms with E-state index in [1.165, 1.54) is 12.8 Å². The summed E-state index contributed by atoms with van der Waals surface area (Å²) < 4.78 is 13.6. The second-order valence-electron chi connectivity index (χ2n) is 6.98. The molecule has 1 aromatic carbocycles. The molecule has 2 N–H and O–H groups in total. The summed E-state index contributed by atoms with van der Waals surface area (Å²) in [7, 11) is 3.47. The molecule has 1 heterocycles. The van der Waals surface area contributed by atoms with E-state index in [0.717, 1.165) is 55.4 Å². The highest BCUT2D eigenvalue weighted by Gasteiger charge is 2.18. The quantitative estimate of drug-likeness (QED) is 0.232. The second-order valence-corrected chi connectivity index (χ2v) is 6.98. The molecular weight excluding hydrogens is 481 g/mol.